The number of hydrogen-bond acceptors (Lipinski definition) is 13. The Balaban J connectivity index is 1.07. The van der Waals surface area contributed by atoms with Crippen molar-refractivity contribution in [1.82, 2.24) is 0 Å². The van der Waals surface area contributed by atoms with Crippen LogP contribution in [0.5, 0.6) is 0 Å². The smallest absolute Gasteiger partial charge is 0.187 e. The minimum Gasteiger partial charge on any atom is -0.394 e. The maximum atomic E-state index is 12.1. The van der Waals surface area contributed by atoms with E-state index in [-0.39, 0.29) is 44.8 Å². The number of allylic oxidation sites excluding steroid dienone is 1. The molecule has 1 spiro atoms. The molecule has 3 heterocycles. The Morgan fingerprint density at radius 1 is 0.673 bits per heavy atom. The van der Waals surface area contributed by atoms with E-state index in [2.05, 4.69) is 60.6 Å². The largest absolute Gasteiger partial charge is 0.394 e. The lowest BCUT2D eigenvalue weighted by Crippen LogP contribution is -2.72. The van der Waals surface area contributed by atoms with Crippen molar-refractivity contribution in [2.75, 3.05) is 19.8 Å². The number of fused-ring (bicyclic) bond motifs is 4. The van der Waals surface area contributed by atoms with Crippen LogP contribution in [0.25, 0.3) is 0 Å². The van der Waals surface area contributed by atoms with Gasteiger partial charge < -0.3 is 64.5 Å². The van der Waals surface area contributed by atoms with Gasteiger partial charge in [0.2, 0.25) is 0 Å². The Labute approximate surface area is 325 Å². The molecule has 3 aliphatic heterocycles. The van der Waals surface area contributed by atoms with Crippen LogP contribution in [0, 0.1) is 50.2 Å². The molecule has 8 aliphatic rings. The summed E-state index contributed by atoms with van der Waals surface area (Å²) in [5, 5.41) is 85.6. The van der Waals surface area contributed by atoms with Crippen LogP contribution in [-0.2, 0) is 23.7 Å². The summed E-state index contributed by atoms with van der Waals surface area (Å²) < 4.78 is 31.6. The van der Waals surface area contributed by atoms with Gasteiger partial charge in [0.1, 0.15) is 48.8 Å². The number of rotatable bonds is 6. The first-order chi connectivity index (χ1) is 25.7. The van der Waals surface area contributed by atoms with E-state index >= 15 is 0 Å². The van der Waals surface area contributed by atoms with Gasteiger partial charge in [-0.05, 0) is 84.9 Å². The average Bonchev–Trinajstić information content (AvgIpc) is 3.40. The molecule has 0 aromatic heterocycles. The fraction of sp³-hybridized carbons (Fsp3) is 0.952. The summed E-state index contributed by atoms with van der Waals surface area (Å²) in [7, 11) is 0. The molecule has 0 radical (unpaired) electrons. The Kier molecular flexibility index (Phi) is 9.95. The topological polar surface area (TPSA) is 208 Å². The molecule has 8 N–H and O–H groups in total. The Morgan fingerprint density at radius 3 is 2.00 bits per heavy atom. The highest BCUT2D eigenvalue weighted by Gasteiger charge is 2.79. The summed E-state index contributed by atoms with van der Waals surface area (Å²) >= 11 is 0. The van der Waals surface area contributed by atoms with E-state index in [9.17, 15) is 40.9 Å². The van der Waals surface area contributed by atoms with Crippen molar-refractivity contribution in [3.63, 3.8) is 0 Å². The first-order valence-corrected chi connectivity index (χ1v) is 20.9. The van der Waals surface area contributed by atoms with E-state index in [4.69, 9.17) is 23.7 Å². The lowest BCUT2D eigenvalue weighted by atomic mass is 9.32. The van der Waals surface area contributed by atoms with Crippen LogP contribution in [-0.4, -0.2) is 140 Å². The van der Waals surface area contributed by atoms with E-state index < -0.39 is 97.8 Å². The van der Waals surface area contributed by atoms with E-state index in [1.807, 2.05) is 0 Å². The third-order valence-corrected chi connectivity index (χ3v) is 17.8. The number of aliphatic hydroxyl groups is 8. The Hall–Kier alpha value is -0.780. The molecule has 13 heteroatoms. The minimum atomic E-state index is -1.74. The summed E-state index contributed by atoms with van der Waals surface area (Å²) in [6, 6.07) is 0. The van der Waals surface area contributed by atoms with Crippen LogP contribution in [0.3, 0.4) is 0 Å². The molecule has 8 rings (SSSR count). The standard InChI is InChI=1S/C42H68O13/c1-36(2)14-15-41-20-51-42(25(41)16-36)13-9-24-38(5)11-10-27(37(3,4)23(38)8-12-39(24,6)40(42,7)17-26(41)45)54-35-33(31(49)29(47)22(19-44)53-35)55-34-32(50)30(48)28(46)21(18-43)52-34/h9,13,21-35,43-50H,8,10-12,14-20H2,1-7H3/t21-,22-,23?,24?,25+,26-,27?,28-,29+,30+,31+,32-,33-,34+,35+,38+,39-,40+,41?,42?/m1/s1. The van der Waals surface area contributed by atoms with Crippen molar-refractivity contribution in [3.8, 4) is 0 Å². The second-order valence-electron chi connectivity index (χ2n) is 21.1. The van der Waals surface area contributed by atoms with Gasteiger partial charge in [0.05, 0.1) is 37.6 Å². The van der Waals surface area contributed by atoms with Gasteiger partial charge in [-0.25, -0.2) is 0 Å². The molecule has 7 fully saturated rings. The first kappa shape index (κ1) is 41.0. The number of aliphatic hydroxyl groups excluding tert-OH is 8. The predicted molar refractivity (Wildman–Crippen MR) is 197 cm³/mol. The molecule has 2 bridgehead atoms. The van der Waals surface area contributed by atoms with Gasteiger partial charge in [-0.15, -0.1) is 0 Å². The van der Waals surface area contributed by atoms with Gasteiger partial charge >= 0.3 is 0 Å². The first-order valence-electron chi connectivity index (χ1n) is 20.9. The van der Waals surface area contributed by atoms with Crippen LogP contribution < -0.4 is 0 Å². The molecule has 13 nitrogen and oxygen atoms in total. The molecule has 314 valence electrons. The molecular formula is C42H68O13. The van der Waals surface area contributed by atoms with Crippen molar-refractivity contribution in [3.05, 3.63) is 12.2 Å². The van der Waals surface area contributed by atoms with E-state index in [1.54, 1.807) is 0 Å². The fourth-order valence-electron chi connectivity index (χ4n) is 14.3. The maximum absolute atomic E-state index is 12.1. The van der Waals surface area contributed by atoms with E-state index in [0.29, 0.717) is 13.0 Å². The second-order valence-corrected chi connectivity index (χ2v) is 21.1. The summed E-state index contributed by atoms with van der Waals surface area (Å²) in [6.07, 6.45) is -3.60. The summed E-state index contributed by atoms with van der Waals surface area (Å²) in [4.78, 5) is 0. The maximum Gasteiger partial charge on any atom is 0.187 e. The zero-order valence-electron chi connectivity index (χ0n) is 33.7. The third kappa shape index (κ3) is 5.51. The molecule has 3 saturated heterocycles. The van der Waals surface area contributed by atoms with Crippen molar-refractivity contribution < 1.29 is 64.5 Å². The second kappa shape index (κ2) is 13.4. The predicted octanol–water partition coefficient (Wildman–Crippen LogP) is 1.78. The van der Waals surface area contributed by atoms with Gasteiger partial charge in [-0.3, -0.25) is 0 Å². The lowest BCUT2D eigenvalue weighted by molar-refractivity contribution is -0.378. The molecular weight excluding hydrogens is 712 g/mol. The van der Waals surface area contributed by atoms with Crippen LogP contribution in [0.15, 0.2) is 12.2 Å². The highest BCUT2D eigenvalue weighted by atomic mass is 16.8. The molecule has 20 atom stereocenters. The summed E-state index contributed by atoms with van der Waals surface area (Å²) in [5.74, 6) is 0.698. The Morgan fingerprint density at radius 2 is 1.33 bits per heavy atom. The van der Waals surface area contributed by atoms with Crippen molar-refractivity contribution in [2.45, 2.75) is 179 Å². The molecule has 0 amide bonds. The Bertz CT molecular complexity index is 1490. The molecule has 5 unspecified atom stereocenters. The third-order valence-electron chi connectivity index (χ3n) is 17.8. The molecule has 55 heavy (non-hydrogen) atoms. The van der Waals surface area contributed by atoms with Crippen LogP contribution >= 0.6 is 0 Å². The number of hydrogen-bond donors (Lipinski definition) is 8. The molecule has 0 aromatic rings. The van der Waals surface area contributed by atoms with Gasteiger partial charge in [0, 0.05) is 16.7 Å². The molecule has 0 aromatic carbocycles. The van der Waals surface area contributed by atoms with Gasteiger partial charge in [0.15, 0.2) is 12.6 Å². The summed E-state index contributed by atoms with van der Waals surface area (Å²) in [5.41, 5.74) is -1.36. The van der Waals surface area contributed by atoms with Crippen LogP contribution in [0.4, 0.5) is 0 Å². The fourth-order valence-corrected chi connectivity index (χ4v) is 14.3. The van der Waals surface area contributed by atoms with Crippen LogP contribution in [0.2, 0.25) is 0 Å². The zero-order chi connectivity index (χ0) is 39.9. The number of ether oxygens (including phenoxy) is 5. The van der Waals surface area contributed by atoms with Gasteiger partial charge in [0.25, 0.3) is 0 Å². The zero-order valence-corrected chi connectivity index (χ0v) is 33.7. The van der Waals surface area contributed by atoms with Crippen LogP contribution in [0.1, 0.15) is 99.8 Å². The van der Waals surface area contributed by atoms with Crippen molar-refractivity contribution >= 4 is 0 Å². The highest BCUT2D eigenvalue weighted by Crippen LogP contribution is 2.79. The van der Waals surface area contributed by atoms with E-state index in [0.717, 1.165) is 44.9 Å². The van der Waals surface area contributed by atoms with Gasteiger partial charge in [-0.2, -0.15) is 0 Å². The van der Waals surface area contributed by atoms with Crippen molar-refractivity contribution in [1.29, 1.82) is 0 Å². The van der Waals surface area contributed by atoms with E-state index in [1.165, 1.54) is 0 Å². The average molecular weight is 781 g/mol. The summed E-state index contributed by atoms with van der Waals surface area (Å²) in [6.45, 7) is 15.8. The normalized spacial score (nSPS) is 57.9. The lowest BCUT2D eigenvalue weighted by Gasteiger charge is -2.73. The monoisotopic (exact) mass is 780 g/mol. The minimum absolute atomic E-state index is 0.121. The molecule has 4 saturated carbocycles. The highest BCUT2D eigenvalue weighted by molar-refractivity contribution is 5.36. The van der Waals surface area contributed by atoms with Crippen molar-refractivity contribution in [2.24, 2.45) is 50.2 Å². The molecule has 5 aliphatic carbocycles. The quantitative estimate of drug-likeness (QED) is 0.143. The SMILES string of the molecule is CC1(C)CCC23COC4(C=CC5[C@@]6(C)CCC(O[C@@H]7O[C@H](CO)[C@H](O)[C@H](O)[C@H]7O[C@@H]7O[C@H](CO)[C@@H](O)[C@H](O)[C@H]7O)C(C)(C)C6CC[C@@]5(C)[C@]4(C)C[C@H]2O)[C@H]3C1. The van der Waals surface area contributed by atoms with Gasteiger partial charge in [-0.1, -0.05) is 60.6 Å².